The summed E-state index contributed by atoms with van der Waals surface area (Å²) in [5, 5.41) is 19.1. The highest BCUT2D eigenvalue weighted by Crippen LogP contribution is 2.26. The highest BCUT2D eigenvalue weighted by molar-refractivity contribution is 5.73. The summed E-state index contributed by atoms with van der Waals surface area (Å²) >= 11 is 0. The fourth-order valence-corrected chi connectivity index (χ4v) is 5.86. The number of carboxylic acid groups (broad SMARTS) is 1. The largest absolute Gasteiger partial charge is 0.480 e. The maximum atomic E-state index is 13.5. The van der Waals surface area contributed by atoms with Crippen molar-refractivity contribution in [1.82, 2.24) is 20.9 Å². The number of aliphatic carboxylic acids is 1. The van der Waals surface area contributed by atoms with Gasteiger partial charge in [0.15, 0.2) is 0 Å². The molecule has 0 aliphatic heterocycles. The van der Waals surface area contributed by atoms with Gasteiger partial charge in [0.25, 0.3) is 0 Å². The topological polar surface area (TPSA) is 156 Å². The van der Waals surface area contributed by atoms with Crippen LogP contribution in [0.15, 0.2) is 116 Å². The minimum Gasteiger partial charge on any atom is -0.480 e. The van der Waals surface area contributed by atoms with Gasteiger partial charge in [-0.05, 0) is 63.1 Å². The summed E-state index contributed by atoms with van der Waals surface area (Å²) in [5.41, 5.74) is 2.10. The van der Waals surface area contributed by atoms with E-state index in [0.29, 0.717) is 12.8 Å². The summed E-state index contributed by atoms with van der Waals surface area (Å²) in [5.74, 6) is -1.30. The number of carbonyl (C=O) groups excluding carboxylic acids is 3. The summed E-state index contributed by atoms with van der Waals surface area (Å²) in [6, 6.07) is 26.8. The van der Waals surface area contributed by atoms with Crippen molar-refractivity contribution in [3.63, 3.8) is 0 Å². The molecule has 55 heavy (non-hydrogen) atoms. The minimum atomic E-state index is -1.11. The fourth-order valence-electron chi connectivity index (χ4n) is 5.86. The quantitative estimate of drug-likeness (QED) is 0.0606. The van der Waals surface area contributed by atoms with Crippen molar-refractivity contribution in [3.8, 4) is 0 Å². The third-order valence-corrected chi connectivity index (χ3v) is 8.55. The van der Waals surface area contributed by atoms with Gasteiger partial charge in [-0.2, -0.15) is 0 Å². The Hall–Kier alpha value is -5.62. The molecule has 3 aromatic rings. The SMILES string of the molecule is C=CCOC(=O)N(CCC(CNC(=O)OC(C)(C)C)N[C@H](CCC(CC=C)NC(=O)OCc1ccccc1)C(=O)O)CC(c1ccccc1)c1ccccc1. The summed E-state index contributed by atoms with van der Waals surface area (Å²) in [4.78, 5) is 53.1. The number of hydrogen-bond acceptors (Lipinski definition) is 8. The van der Waals surface area contributed by atoms with Crippen molar-refractivity contribution < 1.29 is 38.5 Å². The summed E-state index contributed by atoms with van der Waals surface area (Å²) in [6.07, 6.45) is 2.37. The van der Waals surface area contributed by atoms with Gasteiger partial charge < -0.3 is 34.9 Å². The van der Waals surface area contributed by atoms with E-state index in [1.165, 1.54) is 6.08 Å². The Balaban J connectivity index is 1.79. The molecule has 0 fully saturated rings. The van der Waals surface area contributed by atoms with E-state index in [-0.39, 0.29) is 51.6 Å². The third-order valence-electron chi connectivity index (χ3n) is 8.55. The lowest BCUT2D eigenvalue weighted by atomic mass is 9.90. The zero-order valence-electron chi connectivity index (χ0n) is 32.2. The van der Waals surface area contributed by atoms with Crippen molar-refractivity contribution in [2.24, 2.45) is 0 Å². The zero-order chi connectivity index (χ0) is 40.1. The molecule has 0 aromatic heterocycles. The Bertz CT molecular complexity index is 1590. The molecule has 4 N–H and O–H groups in total. The molecular formula is C43H56N4O8. The molecule has 2 unspecified atom stereocenters. The van der Waals surface area contributed by atoms with E-state index in [1.54, 1.807) is 31.7 Å². The molecule has 0 aliphatic carbocycles. The summed E-state index contributed by atoms with van der Waals surface area (Å²) < 4.78 is 16.3. The molecule has 296 valence electrons. The Kier molecular flexibility index (Phi) is 18.5. The van der Waals surface area contributed by atoms with Gasteiger partial charge in [0.1, 0.15) is 24.9 Å². The van der Waals surface area contributed by atoms with Crippen molar-refractivity contribution in [3.05, 3.63) is 133 Å². The van der Waals surface area contributed by atoms with Gasteiger partial charge in [-0.25, -0.2) is 14.4 Å². The van der Waals surface area contributed by atoms with E-state index in [1.807, 2.05) is 91.0 Å². The maximum Gasteiger partial charge on any atom is 0.410 e. The van der Waals surface area contributed by atoms with Gasteiger partial charge in [-0.1, -0.05) is 110 Å². The first-order valence-corrected chi connectivity index (χ1v) is 18.5. The predicted molar refractivity (Wildman–Crippen MR) is 213 cm³/mol. The molecule has 0 heterocycles. The predicted octanol–water partition coefficient (Wildman–Crippen LogP) is 7.42. The molecule has 0 saturated carbocycles. The molecule has 3 atom stereocenters. The van der Waals surface area contributed by atoms with Crippen LogP contribution in [-0.2, 0) is 25.6 Å². The van der Waals surface area contributed by atoms with E-state index < -0.39 is 48.0 Å². The number of carbonyl (C=O) groups is 4. The van der Waals surface area contributed by atoms with Crippen LogP contribution in [0.4, 0.5) is 14.4 Å². The first-order chi connectivity index (χ1) is 26.4. The lowest BCUT2D eigenvalue weighted by Gasteiger charge is -2.31. The molecule has 0 radical (unpaired) electrons. The molecule has 0 aliphatic rings. The number of carboxylic acids is 1. The fraction of sp³-hybridized carbons (Fsp3) is 0.395. The van der Waals surface area contributed by atoms with Gasteiger partial charge in [0, 0.05) is 37.6 Å². The van der Waals surface area contributed by atoms with Gasteiger partial charge in [-0.3, -0.25) is 10.1 Å². The van der Waals surface area contributed by atoms with Crippen LogP contribution >= 0.6 is 0 Å². The summed E-state index contributed by atoms with van der Waals surface area (Å²) in [7, 11) is 0. The lowest BCUT2D eigenvalue weighted by molar-refractivity contribution is -0.140. The monoisotopic (exact) mass is 756 g/mol. The normalized spacial score (nSPS) is 12.7. The Morgan fingerprint density at radius 1 is 0.782 bits per heavy atom. The second-order valence-corrected chi connectivity index (χ2v) is 14.1. The molecular weight excluding hydrogens is 700 g/mol. The maximum absolute atomic E-state index is 13.5. The number of amides is 3. The van der Waals surface area contributed by atoms with E-state index in [4.69, 9.17) is 14.2 Å². The Morgan fingerprint density at radius 3 is 1.93 bits per heavy atom. The second-order valence-electron chi connectivity index (χ2n) is 14.1. The van der Waals surface area contributed by atoms with Crippen LogP contribution in [0.3, 0.4) is 0 Å². The highest BCUT2D eigenvalue weighted by Gasteiger charge is 2.28. The van der Waals surface area contributed by atoms with Crippen LogP contribution in [0.25, 0.3) is 0 Å². The molecule has 0 spiro atoms. The second kappa shape index (κ2) is 23.2. The van der Waals surface area contributed by atoms with Crippen molar-refractivity contribution in [1.29, 1.82) is 0 Å². The molecule has 3 rings (SSSR count). The van der Waals surface area contributed by atoms with Crippen LogP contribution < -0.4 is 16.0 Å². The molecule has 3 amide bonds. The smallest absolute Gasteiger partial charge is 0.410 e. The zero-order valence-corrected chi connectivity index (χ0v) is 32.2. The van der Waals surface area contributed by atoms with E-state index in [2.05, 4.69) is 29.1 Å². The molecule has 0 bridgehead atoms. The molecule has 3 aromatic carbocycles. The van der Waals surface area contributed by atoms with E-state index in [9.17, 15) is 24.3 Å². The standard InChI is InChI=1S/C43H56N4O8/c1-6-17-35(46-41(51)54-31-32-18-11-8-12-19-32)24-25-38(39(48)49)45-36(29-44-40(50)55-43(3,4)5)26-27-47(42(52)53-28-7-2)30-37(33-20-13-9-14-21-33)34-22-15-10-16-23-34/h6-16,18-23,35-38,45H,1-2,17,24-31H2,3-5H3,(H,44,50)(H,46,51)(H,48,49)/t35?,36?,38-/m1/s1. The van der Waals surface area contributed by atoms with Crippen LogP contribution in [0.2, 0.25) is 0 Å². The highest BCUT2D eigenvalue weighted by atomic mass is 16.6. The van der Waals surface area contributed by atoms with Crippen molar-refractivity contribution >= 4 is 24.2 Å². The average Bonchev–Trinajstić information content (AvgIpc) is 3.16. The third kappa shape index (κ3) is 16.9. The van der Waals surface area contributed by atoms with Gasteiger partial charge in [0.05, 0.1) is 0 Å². The number of benzene rings is 3. The first kappa shape index (κ1) is 43.8. The average molecular weight is 757 g/mol. The Morgan fingerprint density at radius 2 is 1.38 bits per heavy atom. The number of ether oxygens (including phenoxy) is 3. The number of rotatable bonds is 22. The van der Waals surface area contributed by atoms with Gasteiger partial charge in [-0.15, -0.1) is 6.58 Å². The molecule has 0 saturated heterocycles. The van der Waals surface area contributed by atoms with E-state index >= 15 is 0 Å². The van der Waals surface area contributed by atoms with Gasteiger partial charge in [0.2, 0.25) is 0 Å². The van der Waals surface area contributed by atoms with Crippen LogP contribution in [0.1, 0.15) is 69.1 Å². The number of nitrogens with zero attached hydrogens (tertiary/aromatic N) is 1. The summed E-state index contributed by atoms with van der Waals surface area (Å²) in [6.45, 7) is 13.2. The van der Waals surface area contributed by atoms with Crippen molar-refractivity contribution in [2.75, 3.05) is 26.2 Å². The van der Waals surface area contributed by atoms with Gasteiger partial charge >= 0.3 is 24.2 Å². The van der Waals surface area contributed by atoms with Crippen LogP contribution in [0.5, 0.6) is 0 Å². The van der Waals surface area contributed by atoms with Crippen LogP contribution in [0, 0.1) is 0 Å². The number of alkyl carbamates (subject to hydrolysis) is 2. The minimum absolute atomic E-state index is 0.00911. The number of nitrogens with one attached hydrogen (secondary N) is 3. The first-order valence-electron chi connectivity index (χ1n) is 18.5. The molecule has 12 nitrogen and oxygen atoms in total. The lowest BCUT2D eigenvalue weighted by Crippen LogP contribution is -2.51. The molecule has 12 heteroatoms. The van der Waals surface area contributed by atoms with E-state index in [0.717, 1.165) is 16.7 Å². The number of hydrogen-bond donors (Lipinski definition) is 4. The Labute approximate surface area is 324 Å². The van der Waals surface area contributed by atoms with Crippen LogP contribution in [-0.4, -0.2) is 84.2 Å². The van der Waals surface area contributed by atoms with Crippen molar-refractivity contribution in [2.45, 2.75) is 82.7 Å².